The molecule has 1 saturated carbocycles. The van der Waals surface area contributed by atoms with Gasteiger partial charge in [-0.1, -0.05) is 30.3 Å². The van der Waals surface area contributed by atoms with E-state index >= 15 is 0 Å². The van der Waals surface area contributed by atoms with E-state index in [2.05, 4.69) is 47.0 Å². The molecule has 1 aromatic heterocycles. The van der Waals surface area contributed by atoms with Gasteiger partial charge in [0, 0.05) is 61.3 Å². The lowest BCUT2D eigenvalue weighted by Crippen LogP contribution is -2.51. The summed E-state index contributed by atoms with van der Waals surface area (Å²) in [6, 6.07) is 16.5. The highest BCUT2D eigenvalue weighted by Crippen LogP contribution is 2.51. The number of hydrogen-bond acceptors (Lipinski definition) is 3. The number of hydrogen-bond donors (Lipinski definition) is 2. The average Bonchev–Trinajstić information content (AvgIpc) is 3.04. The van der Waals surface area contributed by atoms with Gasteiger partial charge in [0.1, 0.15) is 0 Å². The van der Waals surface area contributed by atoms with E-state index in [0.29, 0.717) is 0 Å². The van der Waals surface area contributed by atoms with Gasteiger partial charge in [-0.05, 0) is 42.2 Å². The lowest BCUT2D eigenvalue weighted by Gasteiger charge is -2.45. The zero-order valence-corrected chi connectivity index (χ0v) is 15.8. The highest BCUT2D eigenvalue weighted by Gasteiger charge is 2.53. The molecular weight excluding hydrogens is 334 g/mol. The molecule has 4 nitrogen and oxygen atoms in total. The highest BCUT2D eigenvalue weighted by molar-refractivity contribution is 5.83. The maximum Gasteiger partial charge on any atom is 0.0977 e. The van der Waals surface area contributed by atoms with Gasteiger partial charge in [0.15, 0.2) is 0 Å². The number of aliphatic hydroxyl groups is 1. The van der Waals surface area contributed by atoms with Crippen molar-refractivity contribution in [2.75, 3.05) is 18.8 Å². The predicted molar refractivity (Wildman–Crippen MR) is 109 cm³/mol. The molecule has 0 radical (unpaired) electrons. The van der Waals surface area contributed by atoms with Crippen LogP contribution in [0.1, 0.15) is 24.0 Å². The number of rotatable bonds is 3. The zero-order chi connectivity index (χ0) is 18.6. The Balaban J connectivity index is 1.41. The van der Waals surface area contributed by atoms with Crippen LogP contribution in [-0.4, -0.2) is 27.7 Å². The molecule has 5 rings (SSSR count). The Kier molecular flexibility index (Phi) is 3.81. The molecule has 2 bridgehead atoms. The van der Waals surface area contributed by atoms with Crippen molar-refractivity contribution in [2.45, 2.75) is 25.0 Å². The third-order valence-electron chi connectivity index (χ3n) is 6.79. The van der Waals surface area contributed by atoms with Gasteiger partial charge >= 0.3 is 0 Å². The fraction of sp³-hybridized carbons (Fsp3) is 0.391. The van der Waals surface area contributed by atoms with E-state index < -0.39 is 5.60 Å². The van der Waals surface area contributed by atoms with Gasteiger partial charge in [-0.3, -0.25) is 4.90 Å². The van der Waals surface area contributed by atoms with Gasteiger partial charge < -0.3 is 15.4 Å². The molecule has 4 heteroatoms. The van der Waals surface area contributed by atoms with Crippen LogP contribution in [0.2, 0.25) is 0 Å². The molecule has 27 heavy (non-hydrogen) atoms. The van der Waals surface area contributed by atoms with Crippen molar-refractivity contribution in [3.63, 3.8) is 0 Å². The number of nitrogen functional groups attached to an aromatic ring is 1. The van der Waals surface area contributed by atoms with Gasteiger partial charge in [-0.2, -0.15) is 0 Å². The number of para-hydroxylation sites is 1. The Hall–Kier alpha value is -2.30. The molecule has 2 atom stereocenters. The van der Waals surface area contributed by atoms with Crippen molar-refractivity contribution in [2.24, 2.45) is 18.9 Å². The summed E-state index contributed by atoms with van der Waals surface area (Å²) in [5.41, 5.74) is 9.66. The van der Waals surface area contributed by atoms with Gasteiger partial charge in [0.2, 0.25) is 0 Å². The first-order valence-corrected chi connectivity index (χ1v) is 9.89. The Labute approximate surface area is 160 Å². The molecule has 2 aliphatic rings. The average molecular weight is 361 g/mol. The number of anilines is 1. The normalized spacial score (nSPS) is 28.1. The second kappa shape index (κ2) is 6.11. The summed E-state index contributed by atoms with van der Waals surface area (Å²) in [5.74, 6) is 0.543. The van der Waals surface area contributed by atoms with E-state index in [9.17, 15) is 5.11 Å². The number of benzene rings is 2. The molecule has 1 aliphatic carbocycles. The smallest absolute Gasteiger partial charge is 0.0977 e. The van der Waals surface area contributed by atoms with Crippen molar-refractivity contribution in [1.29, 1.82) is 0 Å². The molecule has 2 heterocycles. The number of aromatic nitrogens is 1. The molecule has 0 spiro atoms. The van der Waals surface area contributed by atoms with E-state index in [0.717, 1.165) is 43.7 Å². The van der Waals surface area contributed by atoms with E-state index in [-0.39, 0.29) is 11.8 Å². The van der Waals surface area contributed by atoms with Crippen LogP contribution in [0.5, 0.6) is 0 Å². The van der Waals surface area contributed by atoms with Crippen LogP contribution in [-0.2, 0) is 19.2 Å². The summed E-state index contributed by atoms with van der Waals surface area (Å²) in [7, 11) is 2.12. The van der Waals surface area contributed by atoms with Crippen LogP contribution >= 0.6 is 0 Å². The number of fused-ring (bicyclic) bond motifs is 3. The number of likely N-dealkylation sites (tertiary alicyclic amines) is 1. The maximum atomic E-state index is 11.6. The Morgan fingerprint density at radius 3 is 2.56 bits per heavy atom. The molecule has 2 aromatic carbocycles. The van der Waals surface area contributed by atoms with Crippen molar-refractivity contribution >= 4 is 16.6 Å². The second-order valence-corrected chi connectivity index (χ2v) is 8.40. The fourth-order valence-electron chi connectivity index (χ4n) is 5.52. The van der Waals surface area contributed by atoms with E-state index in [1.165, 1.54) is 16.5 Å². The van der Waals surface area contributed by atoms with Crippen molar-refractivity contribution in [1.82, 2.24) is 9.47 Å². The second-order valence-electron chi connectivity index (χ2n) is 8.40. The molecule has 1 saturated heterocycles. The third-order valence-corrected chi connectivity index (χ3v) is 6.79. The van der Waals surface area contributed by atoms with E-state index in [1.54, 1.807) is 0 Å². The van der Waals surface area contributed by atoms with Crippen LogP contribution in [0.4, 0.5) is 5.69 Å². The molecule has 3 aromatic rings. The van der Waals surface area contributed by atoms with Crippen LogP contribution in [0.25, 0.3) is 10.9 Å². The largest absolute Gasteiger partial charge is 0.399 e. The number of nitrogens with zero attached hydrogens (tertiary/aromatic N) is 2. The molecule has 140 valence electrons. The van der Waals surface area contributed by atoms with Gasteiger partial charge in [0.25, 0.3) is 0 Å². The Bertz CT molecular complexity index is 978. The Morgan fingerprint density at radius 1 is 1.07 bits per heavy atom. The van der Waals surface area contributed by atoms with E-state index in [1.807, 2.05) is 24.3 Å². The molecule has 2 fully saturated rings. The van der Waals surface area contributed by atoms with Crippen molar-refractivity contribution < 1.29 is 5.11 Å². The molecule has 1 aliphatic heterocycles. The minimum Gasteiger partial charge on any atom is -0.399 e. The summed E-state index contributed by atoms with van der Waals surface area (Å²) < 4.78 is 2.21. The molecule has 3 N–H and O–H groups in total. The Morgan fingerprint density at radius 2 is 1.81 bits per heavy atom. The first-order valence-electron chi connectivity index (χ1n) is 9.89. The first kappa shape index (κ1) is 16.8. The zero-order valence-electron chi connectivity index (χ0n) is 15.8. The molecule has 2 unspecified atom stereocenters. The lowest BCUT2D eigenvalue weighted by atomic mass is 9.75. The van der Waals surface area contributed by atoms with Gasteiger partial charge in [-0.15, -0.1) is 0 Å². The van der Waals surface area contributed by atoms with E-state index in [4.69, 9.17) is 5.73 Å². The first-order chi connectivity index (χ1) is 13.1. The van der Waals surface area contributed by atoms with Crippen molar-refractivity contribution in [3.8, 4) is 0 Å². The third kappa shape index (κ3) is 2.59. The lowest BCUT2D eigenvalue weighted by molar-refractivity contribution is -0.0913. The van der Waals surface area contributed by atoms with Gasteiger partial charge in [-0.25, -0.2) is 0 Å². The van der Waals surface area contributed by atoms with Crippen LogP contribution < -0.4 is 5.73 Å². The summed E-state index contributed by atoms with van der Waals surface area (Å²) in [4.78, 5) is 2.53. The minimum atomic E-state index is -0.732. The summed E-state index contributed by atoms with van der Waals surface area (Å²) >= 11 is 0. The molecular formula is C23H27N3O. The summed E-state index contributed by atoms with van der Waals surface area (Å²) in [5, 5.41) is 13.0. The standard InChI is InChI=1S/C23H27N3O/c1-25-12-16(21-7-2-3-8-22(21)25)13-26-14-18-9-10-19(15-26)23(18,27)17-5-4-6-20(24)11-17/h2-8,11-12,18-19,27H,9-10,13-15,24H2,1H3. The van der Waals surface area contributed by atoms with Crippen LogP contribution in [0.15, 0.2) is 54.7 Å². The fourth-order valence-corrected chi connectivity index (χ4v) is 5.52. The quantitative estimate of drug-likeness (QED) is 0.702. The highest BCUT2D eigenvalue weighted by atomic mass is 16.3. The topological polar surface area (TPSA) is 54.4 Å². The minimum absolute atomic E-state index is 0.271. The van der Waals surface area contributed by atoms with Crippen molar-refractivity contribution in [3.05, 3.63) is 65.9 Å². The monoisotopic (exact) mass is 361 g/mol. The summed E-state index contributed by atoms with van der Waals surface area (Å²) in [6.45, 7) is 2.82. The van der Waals surface area contributed by atoms with Crippen LogP contribution in [0, 0.1) is 11.8 Å². The SMILES string of the molecule is Cn1cc(CN2CC3CCC(C2)C3(O)c2cccc(N)c2)c2ccccc21. The summed E-state index contributed by atoms with van der Waals surface area (Å²) in [6.07, 6.45) is 4.43. The number of nitrogens with two attached hydrogens (primary N) is 1. The van der Waals surface area contributed by atoms with Crippen LogP contribution in [0.3, 0.4) is 0 Å². The molecule has 0 amide bonds. The maximum absolute atomic E-state index is 11.6. The van der Waals surface area contributed by atoms with Gasteiger partial charge in [0.05, 0.1) is 5.60 Å². The number of aryl methyl sites for hydroxylation is 1. The number of piperidine rings is 1. The predicted octanol–water partition coefficient (Wildman–Crippen LogP) is 3.49.